The number of nitrogens with one attached hydrogen (secondary N) is 1. The fourth-order valence-corrected chi connectivity index (χ4v) is 3.78. The quantitative estimate of drug-likeness (QED) is 0.468. The van der Waals surface area contributed by atoms with Gasteiger partial charge in [-0.2, -0.15) is 0 Å². The van der Waals surface area contributed by atoms with Crippen LogP contribution in [0.5, 0.6) is 0 Å². The topological polar surface area (TPSA) is 54.9 Å². The minimum absolute atomic E-state index is 0.114. The first-order chi connectivity index (χ1) is 14.2. The number of hydrogen-bond donors (Lipinski definition) is 1. The van der Waals surface area contributed by atoms with Crippen molar-refractivity contribution in [2.45, 2.75) is 11.6 Å². The van der Waals surface area contributed by atoms with Gasteiger partial charge in [0.25, 0.3) is 0 Å². The van der Waals surface area contributed by atoms with Crippen LogP contribution in [0, 0.1) is 5.82 Å². The molecule has 0 spiro atoms. The van der Waals surface area contributed by atoms with Gasteiger partial charge < -0.3 is 5.32 Å². The van der Waals surface area contributed by atoms with Crippen LogP contribution in [0.15, 0.2) is 83.9 Å². The Kier molecular flexibility index (Phi) is 5.81. The third-order valence-electron chi connectivity index (χ3n) is 4.44. The number of amides is 1. The average molecular weight is 403 g/mol. The fraction of sp³-hybridized carbons (Fsp3) is 0.0870. The Morgan fingerprint density at radius 2 is 1.55 bits per heavy atom. The van der Waals surface area contributed by atoms with E-state index < -0.39 is 0 Å². The largest absolute Gasteiger partial charge is 0.351 e. The first kappa shape index (κ1) is 19.1. The molecule has 4 nitrogen and oxygen atoms in total. The number of rotatable bonds is 6. The van der Waals surface area contributed by atoms with Gasteiger partial charge in [0.2, 0.25) is 5.91 Å². The Hall–Kier alpha value is -3.25. The molecule has 0 aliphatic carbocycles. The van der Waals surface area contributed by atoms with Gasteiger partial charge in [0.1, 0.15) is 16.5 Å². The molecule has 1 aromatic heterocycles. The molecule has 0 aliphatic heterocycles. The highest BCUT2D eigenvalue weighted by molar-refractivity contribution is 8.00. The van der Waals surface area contributed by atoms with Gasteiger partial charge in [-0.25, -0.2) is 4.39 Å². The highest BCUT2D eigenvalue weighted by atomic mass is 32.2. The van der Waals surface area contributed by atoms with E-state index in [1.165, 1.54) is 23.9 Å². The van der Waals surface area contributed by atoms with E-state index in [0.717, 1.165) is 32.6 Å². The SMILES string of the molecule is O=C(CSc1nnc(-c2ccccc2)c2ccccc12)NCc1ccc(F)cc1. The molecule has 0 aliphatic rings. The molecule has 4 rings (SSSR count). The molecule has 0 saturated carbocycles. The number of halogens is 1. The highest BCUT2D eigenvalue weighted by Gasteiger charge is 2.12. The molecule has 29 heavy (non-hydrogen) atoms. The van der Waals surface area contributed by atoms with Gasteiger partial charge in [0, 0.05) is 22.9 Å². The number of benzene rings is 3. The van der Waals surface area contributed by atoms with Crippen molar-refractivity contribution in [2.24, 2.45) is 0 Å². The second-order valence-electron chi connectivity index (χ2n) is 6.46. The minimum atomic E-state index is -0.292. The van der Waals surface area contributed by atoms with Gasteiger partial charge in [-0.05, 0) is 17.7 Å². The molecule has 3 aromatic carbocycles. The molecule has 1 amide bonds. The highest BCUT2D eigenvalue weighted by Crippen LogP contribution is 2.31. The lowest BCUT2D eigenvalue weighted by molar-refractivity contribution is -0.118. The number of hydrogen-bond acceptors (Lipinski definition) is 4. The monoisotopic (exact) mass is 403 g/mol. The van der Waals surface area contributed by atoms with Crippen molar-refractivity contribution in [3.8, 4) is 11.3 Å². The molecule has 0 unspecified atom stereocenters. The molecule has 0 saturated heterocycles. The van der Waals surface area contributed by atoms with E-state index in [0.29, 0.717) is 6.54 Å². The van der Waals surface area contributed by atoms with Crippen LogP contribution in [0.3, 0.4) is 0 Å². The van der Waals surface area contributed by atoms with Crippen LogP contribution < -0.4 is 5.32 Å². The smallest absolute Gasteiger partial charge is 0.230 e. The summed E-state index contributed by atoms with van der Waals surface area (Å²) in [6.45, 7) is 0.360. The summed E-state index contributed by atoms with van der Waals surface area (Å²) < 4.78 is 13.0. The number of carbonyl (C=O) groups excluding carboxylic acids is 1. The summed E-state index contributed by atoms with van der Waals surface area (Å²) in [5, 5.41) is 14.3. The van der Waals surface area contributed by atoms with Crippen LogP contribution in [0.2, 0.25) is 0 Å². The van der Waals surface area contributed by atoms with Crippen molar-refractivity contribution in [1.29, 1.82) is 0 Å². The van der Waals surface area contributed by atoms with E-state index >= 15 is 0 Å². The maximum Gasteiger partial charge on any atom is 0.230 e. The van der Waals surface area contributed by atoms with Crippen molar-refractivity contribution < 1.29 is 9.18 Å². The van der Waals surface area contributed by atoms with E-state index in [1.54, 1.807) is 12.1 Å². The summed E-state index contributed by atoms with van der Waals surface area (Å²) in [7, 11) is 0. The summed E-state index contributed by atoms with van der Waals surface area (Å²) in [6, 6.07) is 23.9. The predicted octanol–water partition coefficient (Wildman–Crippen LogP) is 4.84. The molecule has 144 valence electrons. The summed E-state index contributed by atoms with van der Waals surface area (Å²) in [4.78, 5) is 12.2. The Balaban J connectivity index is 1.47. The van der Waals surface area contributed by atoms with E-state index in [1.807, 2.05) is 54.6 Å². The van der Waals surface area contributed by atoms with Gasteiger partial charge >= 0.3 is 0 Å². The summed E-state index contributed by atoms with van der Waals surface area (Å²) in [5.74, 6) is -0.178. The maximum absolute atomic E-state index is 13.0. The molecular formula is C23H18FN3OS. The second-order valence-corrected chi connectivity index (χ2v) is 7.42. The Morgan fingerprint density at radius 1 is 0.862 bits per heavy atom. The Bertz CT molecular complexity index is 1130. The summed E-state index contributed by atoms with van der Waals surface area (Å²) >= 11 is 1.35. The van der Waals surface area contributed by atoms with Crippen LogP contribution >= 0.6 is 11.8 Å². The van der Waals surface area contributed by atoms with Crippen molar-refractivity contribution >= 4 is 28.4 Å². The summed E-state index contributed by atoms with van der Waals surface area (Å²) in [6.07, 6.45) is 0. The van der Waals surface area contributed by atoms with Gasteiger partial charge in [-0.15, -0.1) is 10.2 Å². The van der Waals surface area contributed by atoms with E-state index in [4.69, 9.17) is 0 Å². The van der Waals surface area contributed by atoms with Crippen molar-refractivity contribution in [3.05, 3.63) is 90.2 Å². The zero-order valence-corrected chi connectivity index (χ0v) is 16.3. The zero-order valence-electron chi connectivity index (χ0n) is 15.5. The van der Waals surface area contributed by atoms with Crippen LogP contribution in [0.25, 0.3) is 22.0 Å². The standard InChI is InChI=1S/C23H18FN3OS/c24-18-12-10-16(11-13-18)14-25-21(28)15-29-23-20-9-5-4-8-19(20)22(26-27-23)17-6-2-1-3-7-17/h1-13H,14-15H2,(H,25,28). The number of thioether (sulfide) groups is 1. The Morgan fingerprint density at radius 3 is 2.31 bits per heavy atom. The third-order valence-corrected chi connectivity index (χ3v) is 5.43. The number of nitrogens with zero attached hydrogens (tertiary/aromatic N) is 2. The third kappa shape index (κ3) is 4.60. The van der Waals surface area contributed by atoms with Crippen molar-refractivity contribution in [2.75, 3.05) is 5.75 Å². The van der Waals surface area contributed by atoms with Crippen LogP contribution in [-0.4, -0.2) is 21.9 Å². The molecule has 0 fully saturated rings. The molecule has 1 heterocycles. The average Bonchev–Trinajstić information content (AvgIpc) is 2.77. The van der Waals surface area contributed by atoms with Gasteiger partial charge in [0.15, 0.2) is 0 Å². The minimum Gasteiger partial charge on any atom is -0.351 e. The number of carbonyl (C=O) groups is 1. The lowest BCUT2D eigenvalue weighted by Crippen LogP contribution is -2.24. The first-order valence-electron chi connectivity index (χ1n) is 9.15. The van der Waals surface area contributed by atoms with Crippen LogP contribution in [-0.2, 0) is 11.3 Å². The summed E-state index contributed by atoms with van der Waals surface area (Å²) in [5.41, 5.74) is 2.68. The van der Waals surface area contributed by atoms with Crippen LogP contribution in [0.4, 0.5) is 4.39 Å². The predicted molar refractivity (Wildman–Crippen MR) is 114 cm³/mol. The Labute approximate surface area is 172 Å². The lowest BCUT2D eigenvalue weighted by Gasteiger charge is -2.09. The molecule has 6 heteroatoms. The van der Waals surface area contributed by atoms with Crippen molar-refractivity contribution in [3.63, 3.8) is 0 Å². The molecule has 1 N–H and O–H groups in total. The normalized spacial score (nSPS) is 10.8. The van der Waals surface area contributed by atoms with E-state index in [-0.39, 0.29) is 17.5 Å². The van der Waals surface area contributed by atoms with Gasteiger partial charge in [-0.1, -0.05) is 78.5 Å². The first-order valence-corrected chi connectivity index (χ1v) is 10.1. The van der Waals surface area contributed by atoms with Crippen molar-refractivity contribution in [1.82, 2.24) is 15.5 Å². The number of fused-ring (bicyclic) bond motifs is 1. The van der Waals surface area contributed by atoms with E-state index in [2.05, 4.69) is 15.5 Å². The van der Waals surface area contributed by atoms with Gasteiger partial charge in [-0.3, -0.25) is 4.79 Å². The van der Waals surface area contributed by atoms with Crippen LogP contribution in [0.1, 0.15) is 5.56 Å². The molecule has 0 atom stereocenters. The zero-order chi connectivity index (χ0) is 20.1. The number of aromatic nitrogens is 2. The second kappa shape index (κ2) is 8.84. The maximum atomic E-state index is 13.0. The molecule has 0 bridgehead atoms. The molecule has 0 radical (unpaired) electrons. The molecule has 4 aromatic rings. The van der Waals surface area contributed by atoms with Gasteiger partial charge in [0.05, 0.1) is 5.75 Å². The lowest BCUT2D eigenvalue weighted by atomic mass is 10.1. The molecular weight excluding hydrogens is 385 g/mol. The van der Waals surface area contributed by atoms with E-state index in [9.17, 15) is 9.18 Å². The fourth-order valence-electron chi connectivity index (χ4n) is 2.98.